The monoisotopic (exact) mass is 379 g/mol. The van der Waals surface area contributed by atoms with Gasteiger partial charge in [0.05, 0.1) is 24.8 Å². The number of ether oxygens (including phenoxy) is 1. The van der Waals surface area contributed by atoms with E-state index >= 15 is 0 Å². The molecule has 2 rings (SSSR count). The van der Waals surface area contributed by atoms with Gasteiger partial charge in [-0.2, -0.15) is 5.26 Å². The molecule has 0 saturated heterocycles. The lowest BCUT2D eigenvalue weighted by Gasteiger charge is -2.24. The van der Waals surface area contributed by atoms with Gasteiger partial charge >= 0.3 is 0 Å². The third-order valence-electron chi connectivity index (χ3n) is 4.49. The van der Waals surface area contributed by atoms with E-state index in [4.69, 9.17) is 10.00 Å². The van der Waals surface area contributed by atoms with Crippen LogP contribution in [0.3, 0.4) is 0 Å². The third-order valence-corrected chi connectivity index (χ3v) is 4.49. The summed E-state index contributed by atoms with van der Waals surface area (Å²) in [6, 6.07) is 14.9. The van der Waals surface area contributed by atoms with Crippen molar-refractivity contribution in [2.75, 3.05) is 7.11 Å². The second kappa shape index (κ2) is 9.56. The summed E-state index contributed by atoms with van der Waals surface area (Å²) in [5, 5.41) is 14.6. The van der Waals surface area contributed by atoms with Gasteiger partial charge in [-0.05, 0) is 54.8 Å². The largest absolute Gasteiger partial charge is 0.497 e. The minimum absolute atomic E-state index is 0.0876. The Balaban J connectivity index is 2.05. The van der Waals surface area contributed by atoms with Crippen molar-refractivity contribution in [3.05, 3.63) is 65.2 Å². The molecule has 0 spiro atoms. The van der Waals surface area contributed by atoms with Gasteiger partial charge in [0.15, 0.2) is 0 Å². The molecule has 28 heavy (non-hydrogen) atoms. The fourth-order valence-electron chi connectivity index (χ4n) is 2.73. The van der Waals surface area contributed by atoms with E-state index < -0.39 is 6.04 Å². The fourth-order valence-corrected chi connectivity index (χ4v) is 2.73. The van der Waals surface area contributed by atoms with E-state index in [0.717, 1.165) is 5.56 Å². The molecule has 0 saturated carbocycles. The second-order valence-electron chi connectivity index (χ2n) is 6.89. The van der Waals surface area contributed by atoms with E-state index in [-0.39, 0.29) is 23.8 Å². The minimum atomic E-state index is -0.671. The molecule has 2 aromatic rings. The minimum Gasteiger partial charge on any atom is -0.497 e. The summed E-state index contributed by atoms with van der Waals surface area (Å²) in [5.41, 5.74) is 1.91. The molecule has 2 aromatic carbocycles. The first-order chi connectivity index (χ1) is 13.3. The number of methoxy groups -OCH3 is 1. The van der Waals surface area contributed by atoms with Crippen LogP contribution in [0.4, 0.5) is 0 Å². The number of nitriles is 1. The highest BCUT2D eigenvalue weighted by atomic mass is 16.5. The van der Waals surface area contributed by atoms with E-state index in [1.807, 2.05) is 32.9 Å². The van der Waals surface area contributed by atoms with E-state index in [1.165, 1.54) is 0 Å². The Bertz CT molecular complexity index is 852. The lowest BCUT2D eigenvalue weighted by atomic mass is 10.0. The number of nitrogens with one attached hydrogen (secondary N) is 2. The molecule has 0 aromatic heterocycles. The first-order valence-corrected chi connectivity index (χ1v) is 9.11. The van der Waals surface area contributed by atoms with Crippen LogP contribution in [-0.4, -0.2) is 25.0 Å². The van der Waals surface area contributed by atoms with Crippen LogP contribution in [0.1, 0.15) is 48.3 Å². The lowest BCUT2D eigenvalue weighted by Crippen LogP contribution is -2.50. The van der Waals surface area contributed by atoms with Crippen molar-refractivity contribution in [3.8, 4) is 11.8 Å². The van der Waals surface area contributed by atoms with Gasteiger partial charge in [0, 0.05) is 5.56 Å². The zero-order valence-corrected chi connectivity index (χ0v) is 16.5. The summed E-state index contributed by atoms with van der Waals surface area (Å²) in [6.07, 6.45) is 0. The number of carbonyl (C=O) groups excluding carboxylic acids is 2. The molecule has 0 fully saturated rings. The number of benzene rings is 2. The number of hydrogen-bond acceptors (Lipinski definition) is 4. The van der Waals surface area contributed by atoms with Crippen molar-refractivity contribution >= 4 is 11.8 Å². The summed E-state index contributed by atoms with van der Waals surface area (Å²) < 4.78 is 5.09. The van der Waals surface area contributed by atoms with Crippen LogP contribution in [0.25, 0.3) is 0 Å². The third kappa shape index (κ3) is 5.34. The molecule has 6 heteroatoms. The highest BCUT2D eigenvalue weighted by Crippen LogP contribution is 2.15. The number of carbonyl (C=O) groups is 2. The molecule has 0 aliphatic carbocycles. The van der Waals surface area contributed by atoms with Crippen molar-refractivity contribution in [1.29, 1.82) is 5.26 Å². The van der Waals surface area contributed by atoms with E-state index in [2.05, 4.69) is 16.7 Å². The summed E-state index contributed by atoms with van der Waals surface area (Å²) >= 11 is 0. The van der Waals surface area contributed by atoms with Gasteiger partial charge in [0.2, 0.25) is 5.91 Å². The van der Waals surface area contributed by atoms with Gasteiger partial charge in [-0.1, -0.05) is 26.0 Å². The predicted molar refractivity (Wildman–Crippen MR) is 107 cm³/mol. The van der Waals surface area contributed by atoms with E-state index in [1.54, 1.807) is 43.5 Å². The normalized spacial score (nSPS) is 12.6. The van der Waals surface area contributed by atoms with Gasteiger partial charge in [-0.15, -0.1) is 0 Å². The molecule has 2 atom stereocenters. The van der Waals surface area contributed by atoms with E-state index in [0.29, 0.717) is 16.9 Å². The van der Waals surface area contributed by atoms with Crippen LogP contribution in [-0.2, 0) is 4.79 Å². The van der Waals surface area contributed by atoms with Crippen molar-refractivity contribution in [2.24, 2.45) is 5.92 Å². The molecule has 2 N–H and O–H groups in total. The molecule has 0 heterocycles. The van der Waals surface area contributed by atoms with Crippen LogP contribution >= 0.6 is 0 Å². The molecular formula is C22H25N3O3. The maximum absolute atomic E-state index is 12.8. The van der Waals surface area contributed by atoms with E-state index in [9.17, 15) is 9.59 Å². The molecule has 0 bridgehead atoms. The maximum Gasteiger partial charge on any atom is 0.251 e. The zero-order chi connectivity index (χ0) is 20.7. The van der Waals surface area contributed by atoms with Crippen LogP contribution in [0, 0.1) is 17.2 Å². The molecule has 2 amide bonds. The van der Waals surface area contributed by atoms with Crippen molar-refractivity contribution in [2.45, 2.75) is 32.9 Å². The molecule has 2 unspecified atom stereocenters. The molecule has 0 aliphatic heterocycles. The molecule has 6 nitrogen and oxygen atoms in total. The first-order valence-electron chi connectivity index (χ1n) is 9.11. The smallest absolute Gasteiger partial charge is 0.251 e. The first kappa shape index (κ1) is 21.0. The number of amides is 2. The van der Waals surface area contributed by atoms with Gasteiger partial charge in [-0.3, -0.25) is 9.59 Å². The fraction of sp³-hybridized carbons (Fsp3) is 0.318. The van der Waals surface area contributed by atoms with Crippen LogP contribution in [0.2, 0.25) is 0 Å². The van der Waals surface area contributed by atoms with Crippen LogP contribution in [0.5, 0.6) is 5.75 Å². The zero-order valence-electron chi connectivity index (χ0n) is 16.5. The molecule has 0 aliphatic rings. The molecule has 146 valence electrons. The van der Waals surface area contributed by atoms with Gasteiger partial charge in [0.1, 0.15) is 11.8 Å². The molecule has 0 radical (unpaired) electrons. The van der Waals surface area contributed by atoms with Gasteiger partial charge in [0.25, 0.3) is 5.91 Å². The Hall–Kier alpha value is -3.33. The standard InChI is InChI=1S/C22H25N3O3/c1-14(2)20(25-21(26)18-9-11-19(28-4)12-10-18)22(27)24-15(3)17-7-5-16(13-23)6-8-17/h5-12,14-15,20H,1-4H3,(H,24,27)(H,25,26). The van der Waals surface area contributed by atoms with Crippen LogP contribution in [0.15, 0.2) is 48.5 Å². The Labute approximate surface area is 165 Å². The van der Waals surface area contributed by atoms with Crippen molar-refractivity contribution < 1.29 is 14.3 Å². The average Bonchev–Trinajstić information content (AvgIpc) is 2.71. The van der Waals surface area contributed by atoms with Gasteiger partial charge < -0.3 is 15.4 Å². The Morgan fingerprint density at radius 3 is 2.07 bits per heavy atom. The maximum atomic E-state index is 12.8. The Morgan fingerprint density at radius 2 is 1.57 bits per heavy atom. The Morgan fingerprint density at radius 1 is 0.964 bits per heavy atom. The Kier molecular flexibility index (Phi) is 7.16. The quantitative estimate of drug-likeness (QED) is 0.773. The summed E-state index contributed by atoms with van der Waals surface area (Å²) in [7, 11) is 1.56. The van der Waals surface area contributed by atoms with Crippen molar-refractivity contribution in [1.82, 2.24) is 10.6 Å². The summed E-state index contributed by atoms with van der Waals surface area (Å²) in [5.74, 6) is -0.00226. The number of nitrogens with zero attached hydrogens (tertiary/aromatic N) is 1. The predicted octanol–water partition coefficient (Wildman–Crippen LogP) is 3.20. The topological polar surface area (TPSA) is 91.2 Å². The highest BCUT2D eigenvalue weighted by Gasteiger charge is 2.26. The van der Waals surface area contributed by atoms with Crippen LogP contribution < -0.4 is 15.4 Å². The van der Waals surface area contributed by atoms with Crippen molar-refractivity contribution in [3.63, 3.8) is 0 Å². The average molecular weight is 379 g/mol. The summed E-state index contributed by atoms with van der Waals surface area (Å²) in [4.78, 5) is 25.3. The van der Waals surface area contributed by atoms with Gasteiger partial charge in [-0.25, -0.2) is 0 Å². The number of hydrogen-bond donors (Lipinski definition) is 2. The second-order valence-corrected chi connectivity index (χ2v) is 6.89. The number of rotatable bonds is 7. The lowest BCUT2D eigenvalue weighted by molar-refractivity contribution is -0.124. The highest BCUT2D eigenvalue weighted by molar-refractivity contribution is 5.97. The molecular weight excluding hydrogens is 354 g/mol. The SMILES string of the molecule is COc1ccc(C(=O)NC(C(=O)NC(C)c2ccc(C#N)cc2)C(C)C)cc1. The summed E-state index contributed by atoms with van der Waals surface area (Å²) in [6.45, 7) is 5.62.